The monoisotopic (exact) mass is 344 g/mol. The Labute approximate surface area is 123 Å². The highest BCUT2D eigenvalue weighted by Crippen LogP contribution is 2.35. The lowest BCUT2D eigenvalue weighted by Crippen LogP contribution is -2.08. The fourth-order valence-corrected chi connectivity index (χ4v) is 3.63. The maximum atomic E-state index is 11.3. The number of imidazole rings is 1. The van der Waals surface area contributed by atoms with Gasteiger partial charge < -0.3 is 14.7 Å². The van der Waals surface area contributed by atoms with Crippen molar-refractivity contribution in [3.63, 3.8) is 0 Å². The van der Waals surface area contributed by atoms with Crippen molar-refractivity contribution in [3.8, 4) is 0 Å². The van der Waals surface area contributed by atoms with Gasteiger partial charge >= 0.3 is 5.69 Å². The van der Waals surface area contributed by atoms with Crippen molar-refractivity contribution < 1.29 is 4.74 Å². The van der Waals surface area contributed by atoms with Gasteiger partial charge in [-0.25, -0.2) is 4.79 Å². The van der Waals surface area contributed by atoms with Crippen LogP contribution < -0.4 is 5.69 Å². The largest absolute Gasteiger partial charge is 0.378 e. The molecule has 0 spiro atoms. The third-order valence-corrected chi connectivity index (χ3v) is 4.56. The number of halogens is 2. The van der Waals surface area contributed by atoms with Gasteiger partial charge in [0.15, 0.2) is 0 Å². The first kappa shape index (κ1) is 13.2. The summed E-state index contributed by atoms with van der Waals surface area (Å²) in [5.74, 6) is 0. The molecule has 4 nitrogen and oxygen atoms in total. The van der Waals surface area contributed by atoms with Crippen LogP contribution in [0.1, 0.15) is 30.2 Å². The van der Waals surface area contributed by atoms with Crippen LogP contribution in [-0.2, 0) is 4.74 Å². The van der Waals surface area contributed by atoms with Crippen LogP contribution in [0.2, 0.25) is 0 Å². The fourth-order valence-electron chi connectivity index (χ4n) is 2.50. The Morgan fingerprint density at radius 1 is 1.42 bits per heavy atom. The van der Waals surface area contributed by atoms with Crippen LogP contribution >= 0.6 is 27.5 Å². The van der Waals surface area contributed by atoms with Crippen LogP contribution in [0, 0.1) is 0 Å². The minimum atomic E-state index is -0.204. The molecule has 1 aromatic heterocycles. The van der Waals surface area contributed by atoms with Gasteiger partial charge in [0.2, 0.25) is 0 Å². The van der Waals surface area contributed by atoms with Crippen molar-refractivity contribution in [2.75, 3.05) is 6.61 Å². The summed E-state index contributed by atoms with van der Waals surface area (Å²) in [6.07, 6.45) is 3.22. The van der Waals surface area contributed by atoms with Crippen molar-refractivity contribution in [2.45, 2.75) is 30.7 Å². The maximum absolute atomic E-state index is 11.3. The zero-order valence-electron chi connectivity index (χ0n) is 10.2. The lowest BCUT2D eigenvalue weighted by Gasteiger charge is -2.16. The minimum absolute atomic E-state index is 0.125. The van der Waals surface area contributed by atoms with Crippen molar-refractivity contribution in [2.24, 2.45) is 0 Å². The summed E-state index contributed by atoms with van der Waals surface area (Å²) in [6, 6.07) is 3.80. The van der Waals surface area contributed by atoms with Gasteiger partial charge in [-0.1, -0.05) is 15.9 Å². The molecule has 6 heteroatoms. The predicted octanol–water partition coefficient (Wildman–Crippen LogP) is 3.47. The molecule has 102 valence electrons. The van der Waals surface area contributed by atoms with Gasteiger partial charge in [-0.05, 0) is 37.0 Å². The molecule has 0 aliphatic carbocycles. The lowest BCUT2D eigenvalue weighted by atomic mass is 10.0. The zero-order valence-corrected chi connectivity index (χ0v) is 12.6. The summed E-state index contributed by atoms with van der Waals surface area (Å²) in [5, 5.41) is -0.125. The number of rotatable bonds is 3. The van der Waals surface area contributed by atoms with Crippen LogP contribution in [0.3, 0.4) is 0 Å². The van der Waals surface area contributed by atoms with Crippen LogP contribution in [-0.4, -0.2) is 22.7 Å². The molecule has 1 aromatic carbocycles. The summed E-state index contributed by atoms with van der Waals surface area (Å²) in [4.78, 5) is 16.8. The van der Waals surface area contributed by atoms with Gasteiger partial charge in [-0.3, -0.25) is 0 Å². The average molecular weight is 346 g/mol. The van der Waals surface area contributed by atoms with E-state index in [1.54, 1.807) is 0 Å². The molecule has 2 aromatic rings. The number of aromatic amines is 2. The predicted molar refractivity (Wildman–Crippen MR) is 78.8 cm³/mol. The third-order valence-electron chi connectivity index (χ3n) is 3.46. The van der Waals surface area contributed by atoms with E-state index in [0.717, 1.165) is 46.9 Å². The molecular formula is C13H14BrClN2O2. The van der Waals surface area contributed by atoms with Crippen molar-refractivity contribution in [3.05, 3.63) is 32.7 Å². The summed E-state index contributed by atoms with van der Waals surface area (Å²) >= 11 is 10.0. The summed E-state index contributed by atoms with van der Waals surface area (Å²) in [6.45, 7) is 0.833. The summed E-state index contributed by atoms with van der Waals surface area (Å²) in [7, 11) is 0. The molecular weight excluding hydrogens is 332 g/mol. The van der Waals surface area contributed by atoms with Crippen molar-refractivity contribution in [1.29, 1.82) is 0 Å². The number of benzene rings is 1. The third kappa shape index (κ3) is 2.73. The van der Waals surface area contributed by atoms with E-state index in [2.05, 4.69) is 25.9 Å². The fraction of sp³-hybridized carbons (Fsp3) is 0.462. The van der Waals surface area contributed by atoms with Gasteiger partial charge in [0.05, 0.1) is 22.5 Å². The van der Waals surface area contributed by atoms with E-state index in [9.17, 15) is 4.79 Å². The molecule has 0 saturated carbocycles. The standard InChI is InChI=1S/C13H14BrClN2O2/c14-9-6-12-11(16-13(18)17-12)5-8(9)10(15)4-7-2-1-3-19-7/h5-7,10H,1-4H2,(H2,16,17,18). The molecule has 19 heavy (non-hydrogen) atoms. The van der Waals surface area contributed by atoms with Gasteiger partial charge in [0.25, 0.3) is 0 Å². The smallest absolute Gasteiger partial charge is 0.323 e. The molecule has 1 aliphatic heterocycles. The van der Waals surface area contributed by atoms with Gasteiger partial charge in [0.1, 0.15) is 0 Å². The Morgan fingerprint density at radius 2 is 2.16 bits per heavy atom. The first-order valence-electron chi connectivity index (χ1n) is 6.30. The molecule has 2 atom stereocenters. The van der Waals surface area contributed by atoms with Crippen molar-refractivity contribution in [1.82, 2.24) is 9.97 Å². The Bertz CT molecular complexity index is 646. The number of alkyl halides is 1. The van der Waals surface area contributed by atoms with E-state index >= 15 is 0 Å². The molecule has 1 saturated heterocycles. The summed E-state index contributed by atoms with van der Waals surface area (Å²) in [5.41, 5.74) is 2.34. The molecule has 1 fully saturated rings. The van der Waals surface area contributed by atoms with Crippen LogP contribution in [0.5, 0.6) is 0 Å². The lowest BCUT2D eigenvalue weighted by molar-refractivity contribution is 0.103. The second-order valence-corrected chi connectivity index (χ2v) is 6.22. The highest BCUT2D eigenvalue weighted by molar-refractivity contribution is 9.10. The second kappa shape index (κ2) is 5.31. The van der Waals surface area contributed by atoms with Crippen LogP contribution in [0.15, 0.2) is 21.4 Å². The number of aromatic nitrogens is 2. The molecule has 2 heterocycles. The maximum Gasteiger partial charge on any atom is 0.323 e. The first-order valence-corrected chi connectivity index (χ1v) is 7.53. The Balaban J connectivity index is 1.89. The number of hydrogen-bond acceptors (Lipinski definition) is 2. The molecule has 2 unspecified atom stereocenters. The molecule has 1 aliphatic rings. The number of hydrogen-bond donors (Lipinski definition) is 2. The van der Waals surface area contributed by atoms with E-state index in [4.69, 9.17) is 16.3 Å². The Hall–Kier alpha value is -0.780. The second-order valence-electron chi connectivity index (χ2n) is 4.84. The number of nitrogens with one attached hydrogen (secondary N) is 2. The zero-order chi connectivity index (χ0) is 13.4. The van der Waals surface area contributed by atoms with E-state index in [0.29, 0.717) is 0 Å². The first-order chi connectivity index (χ1) is 9.13. The van der Waals surface area contributed by atoms with E-state index in [-0.39, 0.29) is 17.2 Å². The number of H-pyrrole nitrogens is 2. The molecule has 0 amide bonds. The molecule has 0 bridgehead atoms. The van der Waals surface area contributed by atoms with E-state index in [1.165, 1.54) is 0 Å². The van der Waals surface area contributed by atoms with Crippen molar-refractivity contribution >= 4 is 38.6 Å². The Morgan fingerprint density at radius 3 is 2.84 bits per heavy atom. The average Bonchev–Trinajstić information content (AvgIpc) is 2.96. The normalized spacial score (nSPS) is 21.1. The summed E-state index contributed by atoms with van der Waals surface area (Å²) < 4.78 is 6.52. The van der Waals surface area contributed by atoms with Gasteiger partial charge in [-0.2, -0.15) is 0 Å². The highest BCUT2D eigenvalue weighted by Gasteiger charge is 2.22. The molecule has 2 N–H and O–H groups in total. The number of fused-ring (bicyclic) bond motifs is 1. The molecule has 0 radical (unpaired) electrons. The topological polar surface area (TPSA) is 57.9 Å². The van der Waals surface area contributed by atoms with Crippen LogP contribution in [0.25, 0.3) is 11.0 Å². The van der Waals surface area contributed by atoms with E-state index in [1.807, 2.05) is 12.1 Å². The minimum Gasteiger partial charge on any atom is -0.378 e. The number of ether oxygens (including phenoxy) is 1. The Kier molecular flexibility index (Phi) is 3.69. The van der Waals surface area contributed by atoms with Crippen LogP contribution in [0.4, 0.5) is 0 Å². The van der Waals surface area contributed by atoms with Gasteiger partial charge in [-0.15, -0.1) is 11.6 Å². The molecule has 3 rings (SSSR count). The van der Waals surface area contributed by atoms with E-state index < -0.39 is 0 Å². The highest BCUT2D eigenvalue weighted by atomic mass is 79.9. The SMILES string of the molecule is O=c1[nH]c2cc(Br)c(C(Cl)CC3CCCO3)cc2[nH]1. The quantitative estimate of drug-likeness (QED) is 0.837. The van der Waals surface area contributed by atoms with Gasteiger partial charge in [0, 0.05) is 11.1 Å².